The van der Waals surface area contributed by atoms with Gasteiger partial charge in [0.2, 0.25) is 0 Å². The van der Waals surface area contributed by atoms with Crippen molar-refractivity contribution in [1.82, 2.24) is 0 Å². The molecule has 4 rings (SSSR count). The highest BCUT2D eigenvalue weighted by molar-refractivity contribution is 6.00. The monoisotopic (exact) mass is 442 g/mol. The Bertz CT molecular complexity index is 897. The van der Waals surface area contributed by atoms with E-state index in [0.717, 1.165) is 31.4 Å². The number of hydrogen-bond donors (Lipinski definition) is 2. The second kappa shape index (κ2) is 9.28. The van der Waals surface area contributed by atoms with Crippen LogP contribution < -0.4 is 9.47 Å². The van der Waals surface area contributed by atoms with Gasteiger partial charge in [-0.15, -0.1) is 0 Å². The molecule has 3 aliphatic carbocycles. The fraction of sp³-hybridized carbons (Fsp3) is 0.577. The molecular formula is C26H34O6. The average molecular weight is 443 g/mol. The number of ketones is 1. The van der Waals surface area contributed by atoms with E-state index in [-0.39, 0.29) is 42.4 Å². The van der Waals surface area contributed by atoms with Gasteiger partial charge in [0.1, 0.15) is 36.1 Å². The lowest BCUT2D eigenvalue weighted by atomic mass is 9.74. The summed E-state index contributed by atoms with van der Waals surface area (Å²) in [7, 11) is 1.63. The van der Waals surface area contributed by atoms with E-state index in [0.29, 0.717) is 23.5 Å². The van der Waals surface area contributed by atoms with E-state index in [9.17, 15) is 15.0 Å². The molecule has 0 saturated heterocycles. The van der Waals surface area contributed by atoms with Crippen LogP contribution in [0, 0.1) is 17.3 Å². The minimum Gasteiger partial charge on any atom is -0.497 e. The molecule has 174 valence electrons. The summed E-state index contributed by atoms with van der Waals surface area (Å²) >= 11 is 0. The molecule has 4 atom stereocenters. The molecule has 1 fully saturated rings. The zero-order valence-electron chi connectivity index (χ0n) is 19.2. The molecule has 2 bridgehead atoms. The van der Waals surface area contributed by atoms with Crippen molar-refractivity contribution in [2.75, 3.05) is 20.3 Å². The zero-order valence-corrected chi connectivity index (χ0v) is 19.2. The predicted octanol–water partition coefficient (Wildman–Crippen LogP) is 3.81. The van der Waals surface area contributed by atoms with Crippen molar-refractivity contribution >= 4 is 5.78 Å². The largest absolute Gasteiger partial charge is 0.497 e. The lowest BCUT2D eigenvalue weighted by Crippen LogP contribution is -2.40. The van der Waals surface area contributed by atoms with Gasteiger partial charge in [-0.1, -0.05) is 19.4 Å². The lowest BCUT2D eigenvalue weighted by molar-refractivity contribution is -0.128. The first-order valence-corrected chi connectivity index (χ1v) is 11.6. The van der Waals surface area contributed by atoms with Gasteiger partial charge in [-0.25, -0.2) is 0 Å². The van der Waals surface area contributed by atoms with E-state index in [2.05, 4.69) is 19.9 Å². The number of methoxy groups -OCH3 is 1. The van der Waals surface area contributed by atoms with Gasteiger partial charge in [-0.2, -0.15) is 0 Å². The minimum absolute atomic E-state index is 0.121. The summed E-state index contributed by atoms with van der Waals surface area (Å²) in [6.45, 7) is 4.24. The molecule has 1 saturated carbocycles. The number of benzene rings is 1. The Hall–Kier alpha value is -2.31. The number of hydrogen-bond acceptors (Lipinski definition) is 6. The first-order valence-electron chi connectivity index (χ1n) is 11.6. The third-order valence-corrected chi connectivity index (χ3v) is 7.45. The van der Waals surface area contributed by atoms with E-state index in [4.69, 9.17) is 14.2 Å². The fourth-order valence-electron chi connectivity index (χ4n) is 5.60. The summed E-state index contributed by atoms with van der Waals surface area (Å²) in [5, 5.41) is 20.4. The molecule has 0 unspecified atom stereocenters. The van der Waals surface area contributed by atoms with Crippen molar-refractivity contribution in [3.63, 3.8) is 0 Å². The number of allylic oxidation sites excluding steroid dienone is 2. The molecule has 6 heteroatoms. The number of fused-ring (bicyclic) bond motifs is 3. The van der Waals surface area contributed by atoms with Gasteiger partial charge in [-0.05, 0) is 61.4 Å². The van der Waals surface area contributed by atoms with Crippen LogP contribution in [0.2, 0.25) is 0 Å². The van der Waals surface area contributed by atoms with Crippen LogP contribution in [0.4, 0.5) is 0 Å². The Morgan fingerprint density at radius 2 is 1.81 bits per heavy atom. The number of carbonyl (C=O) groups is 1. The lowest BCUT2D eigenvalue weighted by Gasteiger charge is -2.34. The van der Waals surface area contributed by atoms with Crippen molar-refractivity contribution in [3.8, 4) is 11.5 Å². The van der Waals surface area contributed by atoms with Crippen LogP contribution in [0.5, 0.6) is 11.5 Å². The van der Waals surface area contributed by atoms with Gasteiger partial charge in [0.05, 0.1) is 13.7 Å². The topological polar surface area (TPSA) is 85.2 Å². The molecule has 32 heavy (non-hydrogen) atoms. The maximum absolute atomic E-state index is 13.7. The molecule has 0 amide bonds. The van der Waals surface area contributed by atoms with Gasteiger partial charge in [0.25, 0.3) is 0 Å². The van der Waals surface area contributed by atoms with E-state index in [1.807, 2.05) is 24.3 Å². The maximum Gasteiger partial charge on any atom is 0.191 e. The Labute approximate surface area is 189 Å². The molecule has 1 aromatic carbocycles. The molecular weight excluding hydrogens is 408 g/mol. The van der Waals surface area contributed by atoms with E-state index >= 15 is 0 Å². The number of rotatable bonds is 6. The highest BCUT2D eigenvalue weighted by Crippen LogP contribution is 2.51. The van der Waals surface area contributed by atoms with Crippen molar-refractivity contribution < 1.29 is 29.2 Å². The number of Topliss-reactive ketones (excluding diaryl/α,β-unsaturated/α-hetero) is 1. The normalized spacial score (nSPS) is 31.0. The van der Waals surface area contributed by atoms with Crippen molar-refractivity contribution in [2.45, 2.75) is 58.2 Å². The molecule has 1 aromatic rings. The summed E-state index contributed by atoms with van der Waals surface area (Å²) < 4.78 is 17.6. The third kappa shape index (κ3) is 4.18. The molecule has 0 spiro atoms. The van der Waals surface area contributed by atoms with Crippen LogP contribution in [0.3, 0.4) is 0 Å². The van der Waals surface area contributed by atoms with Gasteiger partial charge < -0.3 is 24.4 Å². The van der Waals surface area contributed by atoms with Gasteiger partial charge >= 0.3 is 0 Å². The molecule has 0 radical (unpaired) electrons. The number of carbonyl (C=O) groups excluding carboxylic acids is 1. The number of aliphatic hydroxyl groups is 2. The van der Waals surface area contributed by atoms with Crippen LogP contribution in [-0.2, 0) is 9.53 Å². The molecule has 0 aromatic heterocycles. The number of ether oxygens (including phenoxy) is 3. The molecule has 2 N–H and O–H groups in total. The van der Waals surface area contributed by atoms with Crippen LogP contribution in [-0.4, -0.2) is 48.5 Å². The highest BCUT2D eigenvalue weighted by Gasteiger charge is 2.49. The second-order valence-corrected chi connectivity index (χ2v) is 9.53. The predicted molar refractivity (Wildman–Crippen MR) is 120 cm³/mol. The summed E-state index contributed by atoms with van der Waals surface area (Å²) in [5.41, 5.74) is 1.48. The summed E-state index contributed by atoms with van der Waals surface area (Å²) in [6, 6.07) is 7.46. The SMILES string of the molecule is COc1ccc(O[C@H]2/C=C3\CC[C@H]([C@@H](O)C(=O)C4=C(OCCO)CCC[C@@H]42)C3(C)C)cc1. The van der Waals surface area contributed by atoms with Crippen LogP contribution >= 0.6 is 0 Å². The quantitative estimate of drug-likeness (QED) is 0.652. The molecule has 6 nitrogen and oxygen atoms in total. The van der Waals surface area contributed by atoms with E-state index in [1.165, 1.54) is 5.57 Å². The van der Waals surface area contributed by atoms with Gasteiger partial charge in [0.15, 0.2) is 5.78 Å². The summed E-state index contributed by atoms with van der Waals surface area (Å²) in [6.07, 6.45) is 4.65. The molecule has 0 aliphatic heterocycles. The Morgan fingerprint density at radius 1 is 1.09 bits per heavy atom. The van der Waals surface area contributed by atoms with Crippen molar-refractivity contribution in [2.24, 2.45) is 17.3 Å². The Balaban J connectivity index is 1.80. The maximum atomic E-state index is 13.7. The Kier molecular flexibility index (Phi) is 6.63. The summed E-state index contributed by atoms with van der Waals surface area (Å²) in [5.74, 6) is 1.44. The van der Waals surface area contributed by atoms with E-state index in [1.54, 1.807) is 7.11 Å². The standard InChI is InChI=1S/C26H34O6/c1-26(2)16-7-12-20(26)24(28)25(29)23-19(5-4-6-21(23)31-14-13-27)22(15-16)32-18-10-8-17(30-3)9-11-18/h8-11,15,19-20,22,24,27-28H,4-7,12-14H2,1-3H3/b16-15+/t19-,20-,22+,24-/m1/s1. The number of aliphatic hydroxyl groups excluding tert-OH is 2. The van der Waals surface area contributed by atoms with Gasteiger partial charge in [0, 0.05) is 23.8 Å². The second-order valence-electron chi connectivity index (χ2n) is 9.53. The minimum atomic E-state index is -1.07. The summed E-state index contributed by atoms with van der Waals surface area (Å²) in [4.78, 5) is 13.7. The molecule has 3 aliphatic rings. The molecule has 0 heterocycles. The average Bonchev–Trinajstić information content (AvgIpc) is 3.10. The van der Waals surface area contributed by atoms with Crippen LogP contribution in [0.15, 0.2) is 47.2 Å². The Morgan fingerprint density at radius 3 is 2.50 bits per heavy atom. The smallest absolute Gasteiger partial charge is 0.191 e. The van der Waals surface area contributed by atoms with Crippen LogP contribution in [0.25, 0.3) is 0 Å². The first kappa shape index (κ1) is 22.9. The highest BCUT2D eigenvalue weighted by atomic mass is 16.5. The van der Waals surface area contributed by atoms with Crippen molar-refractivity contribution in [1.29, 1.82) is 0 Å². The fourth-order valence-corrected chi connectivity index (χ4v) is 5.60. The first-order chi connectivity index (χ1) is 15.4. The van der Waals surface area contributed by atoms with E-state index < -0.39 is 6.10 Å². The van der Waals surface area contributed by atoms with Crippen molar-refractivity contribution in [3.05, 3.63) is 47.2 Å². The van der Waals surface area contributed by atoms with Crippen LogP contribution in [0.1, 0.15) is 46.0 Å². The zero-order chi connectivity index (χ0) is 22.9. The third-order valence-electron chi connectivity index (χ3n) is 7.45. The van der Waals surface area contributed by atoms with Gasteiger partial charge in [-0.3, -0.25) is 4.79 Å².